The van der Waals surface area contributed by atoms with Gasteiger partial charge in [0, 0.05) is 30.5 Å². The number of carbonyl (C=O) groups is 2. The van der Waals surface area contributed by atoms with Crippen LogP contribution in [0.3, 0.4) is 0 Å². The molecule has 2 aliphatic heterocycles. The number of amides is 2. The van der Waals surface area contributed by atoms with Gasteiger partial charge in [-0.1, -0.05) is 24.9 Å². The zero-order valence-corrected chi connectivity index (χ0v) is 16.7. The topological polar surface area (TPSA) is 66.7 Å². The summed E-state index contributed by atoms with van der Waals surface area (Å²) in [6, 6.07) is 4.49. The lowest BCUT2D eigenvalue weighted by Crippen LogP contribution is -2.51. The molecule has 5 rings (SSSR count). The average Bonchev–Trinajstić information content (AvgIpc) is 3.25. The summed E-state index contributed by atoms with van der Waals surface area (Å²) in [4.78, 5) is 26.5. The monoisotopic (exact) mass is 399 g/mol. The number of hydrazine groups is 1. The first-order chi connectivity index (χ1) is 14.0. The molecular weight excluding hydrogens is 373 g/mol. The van der Waals surface area contributed by atoms with Gasteiger partial charge < -0.3 is 4.52 Å². The Morgan fingerprint density at radius 2 is 2.00 bits per heavy atom. The number of imide groups is 1. The van der Waals surface area contributed by atoms with E-state index in [4.69, 9.17) is 4.52 Å². The van der Waals surface area contributed by atoms with Crippen LogP contribution in [-0.4, -0.2) is 40.1 Å². The van der Waals surface area contributed by atoms with Crippen molar-refractivity contribution in [2.45, 2.75) is 57.8 Å². The van der Waals surface area contributed by atoms with E-state index in [0.717, 1.165) is 56.0 Å². The molecule has 1 aromatic carbocycles. The van der Waals surface area contributed by atoms with E-state index in [0.29, 0.717) is 18.7 Å². The summed E-state index contributed by atoms with van der Waals surface area (Å²) >= 11 is 0. The molecule has 3 heterocycles. The summed E-state index contributed by atoms with van der Waals surface area (Å²) in [7, 11) is 0. The van der Waals surface area contributed by atoms with E-state index >= 15 is 0 Å². The van der Waals surface area contributed by atoms with Gasteiger partial charge in [0.15, 0.2) is 5.58 Å². The lowest BCUT2D eigenvalue weighted by Gasteiger charge is -2.37. The Hall–Kier alpha value is -2.28. The van der Waals surface area contributed by atoms with Gasteiger partial charge in [0.25, 0.3) is 5.91 Å². The number of hydrogen-bond acceptors (Lipinski definition) is 5. The summed E-state index contributed by atoms with van der Waals surface area (Å²) in [6.45, 7) is 3.30. The number of halogens is 1. The van der Waals surface area contributed by atoms with Crippen LogP contribution in [0.2, 0.25) is 0 Å². The second-order valence-corrected chi connectivity index (χ2v) is 8.70. The van der Waals surface area contributed by atoms with Gasteiger partial charge in [0.2, 0.25) is 5.91 Å². The minimum Gasteiger partial charge on any atom is -0.356 e. The van der Waals surface area contributed by atoms with E-state index in [9.17, 15) is 14.0 Å². The minimum absolute atomic E-state index is 0.00244. The van der Waals surface area contributed by atoms with Crippen molar-refractivity contribution in [1.82, 2.24) is 15.2 Å². The van der Waals surface area contributed by atoms with Crippen molar-refractivity contribution in [2.24, 2.45) is 11.3 Å². The molecular formula is C22H26FN3O3. The van der Waals surface area contributed by atoms with Gasteiger partial charge in [-0.15, -0.1) is 0 Å². The molecule has 6 nitrogen and oxygen atoms in total. The SMILES string of the molecule is CCC12CCCCC1C(=O)N(N1CCC(c3noc4cc(F)ccc34)CC1)C2=O. The lowest BCUT2D eigenvalue weighted by atomic mass is 9.66. The maximum Gasteiger partial charge on any atom is 0.250 e. The van der Waals surface area contributed by atoms with Crippen molar-refractivity contribution in [3.8, 4) is 0 Å². The highest BCUT2D eigenvalue weighted by molar-refractivity contribution is 6.07. The Labute approximate surface area is 169 Å². The molecule has 29 heavy (non-hydrogen) atoms. The Bertz CT molecular complexity index is 965. The number of hydrogen-bond donors (Lipinski definition) is 0. The number of carbonyl (C=O) groups excluding carboxylic acids is 2. The molecule has 3 fully saturated rings. The second kappa shape index (κ2) is 6.90. The van der Waals surface area contributed by atoms with Gasteiger partial charge in [-0.3, -0.25) is 9.59 Å². The Balaban J connectivity index is 1.34. The molecule has 2 atom stereocenters. The zero-order valence-electron chi connectivity index (χ0n) is 16.7. The standard InChI is InChI=1S/C22H26FN3O3/c1-2-22-10-4-3-5-17(22)20(27)26(21(22)28)25-11-8-14(9-12-25)19-16-7-6-15(23)13-18(16)29-24-19/h6-7,13-14,17H,2-5,8-12H2,1H3. The van der Waals surface area contributed by atoms with Gasteiger partial charge >= 0.3 is 0 Å². The van der Waals surface area contributed by atoms with Crippen molar-refractivity contribution < 1.29 is 18.5 Å². The Morgan fingerprint density at radius 1 is 1.21 bits per heavy atom. The highest BCUT2D eigenvalue weighted by atomic mass is 19.1. The highest BCUT2D eigenvalue weighted by Gasteiger charge is 2.60. The van der Waals surface area contributed by atoms with Gasteiger partial charge in [-0.2, -0.15) is 0 Å². The molecule has 2 aromatic rings. The van der Waals surface area contributed by atoms with E-state index in [1.54, 1.807) is 6.07 Å². The normalized spacial score (nSPS) is 29.0. The van der Waals surface area contributed by atoms with E-state index in [1.807, 2.05) is 11.9 Å². The first kappa shape index (κ1) is 18.7. The molecule has 2 amide bonds. The molecule has 1 saturated carbocycles. The minimum atomic E-state index is -0.488. The third-order valence-electron chi connectivity index (χ3n) is 7.39. The first-order valence-electron chi connectivity index (χ1n) is 10.7. The van der Waals surface area contributed by atoms with Crippen molar-refractivity contribution in [3.05, 3.63) is 29.7 Å². The van der Waals surface area contributed by atoms with Crippen LogP contribution in [0, 0.1) is 17.2 Å². The average molecular weight is 399 g/mol. The van der Waals surface area contributed by atoms with Crippen molar-refractivity contribution in [1.29, 1.82) is 0 Å². The van der Waals surface area contributed by atoms with Crippen LogP contribution >= 0.6 is 0 Å². The maximum absolute atomic E-state index is 13.4. The number of nitrogens with zero attached hydrogens (tertiary/aromatic N) is 3. The van der Waals surface area contributed by atoms with Crippen LogP contribution in [0.1, 0.15) is 63.5 Å². The van der Waals surface area contributed by atoms with Gasteiger partial charge in [-0.25, -0.2) is 14.4 Å². The largest absolute Gasteiger partial charge is 0.356 e. The number of fused-ring (bicyclic) bond motifs is 2. The van der Waals surface area contributed by atoms with Crippen LogP contribution in [0.25, 0.3) is 11.0 Å². The Kier molecular flexibility index (Phi) is 4.46. The number of aromatic nitrogens is 1. The van der Waals surface area contributed by atoms with Crippen LogP contribution in [0.15, 0.2) is 22.7 Å². The van der Waals surface area contributed by atoms with Gasteiger partial charge in [0.05, 0.1) is 17.0 Å². The van der Waals surface area contributed by atoms with E-state index in [1.165, 1.54) is 17.1 Å². The molecule has 1 aliphatic carbocycles. The number of rotatable bonds is 3. The van der Waals surface area contributed by atoms with Crippen molar-refractivity contribution in [3.63, 3.8) is 0 Å². The molecule has 0 radical (unpaired) electrons. The fourth-order valence-corrected chi connectivity index (χ4v) is 5.72. The zero-order chi connectivity index (χ0) is 20.2. The predicted octanol–water partition coefficient (Wildman–Crippen LogP) is 4.02. The Morgan fingerprint density at radius 3 is 2.72 bits per heavy atom. The van der Waals surface area contributed by atoms with E-state index in [2.05, 4.69) is 5.16 Å². The quantitative estimate of drug-likeness (QED) is 0.730. The van der Waals surface area contributed by atoms with Crippen LogP contribution in [-0.2, 0) is 9.59 Å². The third-order valence-corrected chi connectivity index (χ3v) is 7.39. The summed E-state index contributed by atoms with van der Waals surface area (Å²) in [5, 5.41) is 8.45. The lowest BCUT2D eigenvalue weighted by molar-refractivity contribution is -0.162. The van der Waals surface area contributed by atoms with Crippen LogP contribution in [0.4, 0.5) is 4.39 Å². The van der Waals surface area contributed by atoms with Crippen LogP contribution < -0.4 is 0 Å². The second-order valence-electron chi connectivity index (χ2n) is 8.70. The molecule has 2 saturated heterocycles. The molecule has 7 heteroatoms. The fraction of sp³-hybridized carbons (Fsp3) is 0.591. The number of piperidine rings is 1. The molecule has 0 spiro atoms. The number of benzene rings is 1. The summed E-state index contributed by atoms with van der Waals surface area (Å²) < 4.78 is 18.7. The summed E-state index contributed by atoms with van der Waals surface area (Å²) in [5.41, 5.74) is 0.817. The molecule has 1 aromatic heterocycles. The van der Waals surface area contributed by atoms with Crippen LogP contribution in [0.5, 0.6) is 0 Å². The van der Waals surface area contributed by atoms with Gasteiger partial charge in [0.1, 0.15) is 5.82 Å². The third kappa shape index (κ3) is 2.74. The summed E-state index contributed by atoms with van der Waals surface area (Å²) in [5.74, 6) is -0.311. The summed E-state index contributed by atoms with van der Waals surface area (Å²) in [6.07, 6.45) is 6.00. The smallest absolute Gasteiger partial charge is 0.250 e. The highest BCUT2D eigenvalue weighted by Crippen LogP contribution is 2.51. The van der Waals surface area contributed by atoms with Gasteiger partial charge in [-0.05, 0) is 44.2 Å². The first-order valence-corrected chi connectivity index (χ1v) is 10.7. The fourth-order valence-electron chi connectivity index (χ4n) is 5.72. The van der Waals surface area contributed by atoms with Crippen molar-refractivity contribution >= 4 is 22.8 Å². The van der Waals surface area contributed by atoms with E-state index in [-0.39, 0.29) is 29.5 Å². The predicted molar refractivity (Wildman–Crippen MR) is 104 cm³/mol. The molecule has 2 unspecified atom stereocenters. The van der Waals surface area contributed by atoms with Crippen molar-refractivity contribution in [2.75, 3.05) is 13.1 Å². The molecule has 0 bridgehead atoms. The van der Waals surface area contributed by atoms with E-state index < -0.39 is 5.41 Å². The molecule has 0 N–H and O–H groups in total. The molecule has 154 valence electrons. The molecule has 3 aliphatic rings. The maximum atomic E-state index is 13.4.